The maximum atomic E-state index is 12.7. The van der Waals surface area contributed by atoms with Crippen LogP contribution in [0.2, 0.25) is 0 Å². The van der Waals surface area contributed by atoms with Gasteiger partial charge in [0.05, 0.1) is 18.2 Å². The van der Waals surface area contributed by atoms with Crippen LogP contribution in [0.3, 0.4) is 0 Å². The van der Waals surface area contributed by atoms with Crippen molar-refractivity contribution in [3.63, 3.8) is 0 Å². The molecular weight excluding hydrogens is 252 g/mol. The fraction of sp³-hybridized carbons (Fsp3) is 0.500. The van der Waals surface area contributed by atoms with E-state index in [4.69, 9.17) is 10.00 Å². The van der Waals surface area contributed by atoms with Gasteiger partial charge < -0.3 is 9.64 Å². The van der Waals surface area contributed by atoms with Gasteiger partial charge in [-0.1, -0.05) is 6.07 Å². The highest BCUT2D eigenvalue weighted by Gasteiger charge is 2.35. The van der Waals surface area contributed by atoms with Gasteiger partial charge in [0.15, 0.2) is 0 Å². The number of carbonyl (C=O) groups is 1. The van der Waals surface area contributed by atoms with Crippen molar-refractivity contribution >= 4 is 5.91 Å². The molecule has 0 aromatic heterocycles. The Hall–Kier alpha value is -1.86. The Morgan fingerprint density at radius 1 is 1.40 bits per heavy atom. The molecule has 1 saturated heterocycles. The van der Waals surface area contributed by atoms with Crippen molar-refractivity contribution in [3.8, 4) is 6.07 Å². The van der Waals surface area contributed by atoms with Gasteiger partial charge in [0.25, 0.3) is 5.91 Å². The van der Waals surface area contributed by atoms with Gasteiger partial charge in [-0.05, 0) is 37.5 Å². The van der Waals surface area contributed by atoms with Crippen molar-refractivity contribution in [2.75, 3.05) is 19.8 Å². The fourth-order valence-electron chi connectivity index (χ4n) is 2.68. The zero-order valence-corrected chi connectivity index (χ0v) is 11.4. The van der Waals surface area contributed by atoms with Crippen molar-refractivity contribution in [2.24, 2.45) is 5.92 Å². The van der Waals surface area contributed by atoms with E-state index >= 15 is 0 Å². The topological polar surface area (TPSA) is 53.3 Å². The van der Waals surface area contributed by atoms with Crippen molar-refractivity contribution in [1.29, 1.82) is 5.26 Å². The average molecular weight is 270 g/mol. The Labute approximate surface area is 118 Å². The maximum absolute atomic E-state index is 12.7. The second-order valence-corrected chi connectivity index (χ2v) is 5.61. The minimum Gasteiger partial charge on any atom is -0.381 e. The molecule has 1 amide bonds. The molecule has 2 aliphatic rings. The predicted octanol–water partition coefficient (Wildman–Crippen LogP) is 2.20. The molecule has 0 N–H and O–H groups in total. The lowest BCUT2D eigenvalue weighted by Crippen LogP contribution is -2.37. The summed E-state index contributed by atoms with van der Waals surface area (Å²) in [7, 11) is 0. The number of carbonyl (C=O) groups excluding carboxylic acids is 1. The lowest BCUT2D eigenvalue weighted by molar-refractivity contribution is 0.0706. The molecule has 0 bridgehead atoms. The van der Waals surface area contributed by atoms with Gasteiger partial charge in [-0.3, -0.25) is 4.79 Å². The van der Waals surface area contributed by atoms with Gasteiger partial charge in [-0.15, -0.1) is 0 Å². The van der Waals surface area contributed by atoms with Gasteiger partial charge >= 0.3 is 0 Å². The second kappa shape index (κ2) is 5.64. The Morgan fingerprint density at radius 3 is 2.90 bits per heavy atom. The fourth-order valence-corrected chi connectivity index (χ4v) is 2.68. The molecule has 0 radical (unpaired) electrons. The number of hydrogen-bond acceptors (Lipinski definition) is 3. The molecule has 1 aromatic rings. The highest BCUT2D eigenvalue weighted by atomic mass is 16.5. The zero-order chi connectivity index (χ0) is 13.9. The van der Waals surface area contributed by atoms with Gasteiger partial charge in [0, 0.05) is 30.7 Å². The predicted molar refractivity (Wildman–Crippen MR) is 74.1 cm³/mol. The van der Waals surface area contributed by atoms with Gasteiger partial charge in [0.1, 0.15) is 0 Å². The lowest BCUT2D eigenvalue weighted by Gasteiger charge is -2.25. The van der Waals surface area contributed by atoms with E-state index in [-0.39, 0.29) is 5.91 Å². The molecule has 1 aliphatic carbocycles. The molecule has 1 heterocycles. The van der Waals surface area contributed by atoms with E-state index in [2.05, 4.69) is 6.07 Å². The summed E-state index contributed by atoms with van der Waals surface area (Å²) >= 11 is 0. The number of rotatable bonds is 4. The Balaban J connectivity index is 1.76. The summed E-state index contributed by atoms with van der Waals surface area (Å²) in [6.45, 7) is 2.34. The molecule has 104 valence electrons. The van der Waals surface area contributed by atoms with Crippen molar-refractivity contribution < 1.29 is 9.53 Å². The molecule has 1 atom stereocenters. The van der Waals surface area contributed by atoms with Crippen molar-refractivity contribution in [3.05, 3.63) is 35.4 Å². The molecule has 1 saturated carbocycles. The highest BCUT2D eigenvalue weighted by Crippen LogP contribution is 2.30. The molecule has 1 aliphatic heterocycles. The Morgan fingerprint density at radius 2 is 2.25 bits per heavy atom. The van der Waals surface area contributed by atoms with E-state index in [0.717, 1.165) is 39.0 Å². The third-order valence-electron chi connectivity index (χ3n) is 3.97. The van der Waals surface area contributed by atoms with Gasteiger partial charge in [-0.2, -0.15) is 5.26 Å². The number of amides is 1. The van der Waals surface area contributed by atoms with E-state index < -0.39 is 0 Å². The second-order valence-electron chi connectivity index (χ2n) is 5.61. The smallest absolute Gasteiger partial charge is 0.254 e. The largest absolute Gasteiger partial charge is 0.381 e. The van der Waals surface area contributed by atoms with Gasteiger partial charge in [0.2, 0.25) is 0 Å². The normalized spacial score (nSPS) is 21.4. The van der Waals surface area contributed by atoms with E-state index in [1.807, 2.05) is 4.90 Å². The third kappa shape index (κ3) is 2.83. The van der Waals surface area contributed by atoms with Crippen LogP contribution in [0.1, 0.15) is 35.2 Å². The molecular formula is C16H18N2O2. The molecule has 4 nitrogen and oxygen atoms in total. The number of nitriles is 1. The van der Waals surface area contributed by atoms with Crippen LogP contribution in [0, 0.1) is 17.2 Å². The third-order valence-corrected chi connectivity index (χ3v) is 3.97. The SMILES string of the molecule is N#Cc1cccc(C(=O)N(CC2CCOC2)C2CC2)c1. The van der Waals surface area contributed by atoms with E-state index in [0.29, 0.717) is 23.1 Å². The van der Waals surface area contributed by atoms with Crippen LogP contribution < -0.4 is 0 Å². The number of nitrogens with zero attached hydrogens (tertiary/aromatic N) is 2. The van der Waals surface area contributed by atoms with Crippen LogP contribution in [0.25, 0.3) is 0 Å². The Kier molecular flexibility index (Phi) is 3.70. The summed E-state index contributed by atoms with van der Waals surface area (Å²) in [4.78, 5) is 14.6. The minimum atomic E-state index is 0.0523. The molecule has 0 spiro atoms. The quantitative estimate of drug-likeness (QED) is 0.842. The monoisotopic (exact) mass is 270 g/mol. The van der Waals surface area contributed by atoms with E-state index in [1.54, 1.807) is 24.3 Å². The molecule has 1 aromatic carbocycles. The van der Waals surface area contributed by atoms with E-state index in [1.165, 1.54) is 0 Å². The molecule has 1 unspecified atom stereocenters. The molecule has 3 rings (SSSR count). The minimum absolute atomic E-state index is 0.0523. The van der Waals surface area contributed by atoms with Crippen LogP contribution >= 0.6 is 0 Å². The first-order valence-electron chi connectivity index (χ1n) is 7.17. The van der Waals surface area contributed by atoms with E-state index in [9.17, 15) is 4.79 Å². The Bertz CT molecular complexity index is 540. The first-order chi connectivity index (χ1) is 9.78. The molecule has 2 fully saturated rings. The number of ether oxygens (including phenoxy) is 1. The zero-order valence-electron chi connectivity index (χ0n) is 11.4. The first-order valence-corrected chi connectivity index (χ1v) is 7.17. The number of benzene rings is 1. The summed E-state index contributed by atoms with van der Waals surface area (Å²) in [5.74, 6) is 0.509. The van der Waals surface area contributed by atoms with Crippen molar-refractivity contribution in [1.82, 2.24) is 4.90 Å². The van der Waals surface area contributed by atoms with Crippen LogP contribution in [0.5, 0.6) is 0 Å². The van der Waals surface area contributed by atoms with Crippen LogP contribution in [-0.4, -0.2) is 36.6 Å². The first kappa shape index (κ1) is 13.1. The summed E-state index contributed by atoms with van der Waals surface area (Å²) in [5.41, 5.74) is 1.16. The van der Waals surface area contributed by atoms with Crippen molar-refractivity contribution in [2.45, 2.75) is 25.3 Å². The number of hydrogen-bond donors (Lipinski definition) is 0. The van der Waals surface area contributed by atoms with Crippen LogP contribution in [0.4, 0.5) is 0 Å². The van der Waals surface area contributed by atoms with Crippen LogP contribution in [-0.2, 0) is 4.74 Å². The summed E-state index contributed by atoms with van der Waals surface area (Å²) < 4.78 is 5.40. The van der Waals surface area contributed by atoms with Gasteiger partial charge in [-0.25, -0.2) is 0 Å². The maximum Gasteiger partial charge on any atom is 0.254 e. The molecule has 20 heavy (non-hydrogen) atoms. The molecule has 4 heteroatoms. The van der Waals surface area contributed by atoms with Crippen LogP contribution in [0.15, 0.2) is 24.3 Å². The lowest BCUT2D eigenvalue weighted by atomic mass is 10.1. The summed E-state index contributed by atoms with van der Waals surface area (Å²) in [6, 6.07) is 9.45. The summed E-state index contributed by atoms with van der Waals surface area (Å²) in [6.07, 6.45) is 3.23. The average Bonchev–Trinajstić information content (AvgIpc) is 3.20. The summed E-state index contributed by atoms with van der Waals surface area (Å²) in [5, 5.41) is 8.94. The highest BCUT2D eigenvalue weighted by molar-refractivity contribution is 5.95. The standard InChI is InChI=1S/C16H18N2O2/c17-9-12-2-1-3-14(8-12)16(19)18(15-4-5-15)10-13-6-7-20-11-13/h1-3,8,13,15H,4-7,10-11H2.